The van der Waals surface area contributed by atoms with Gasteiger partial charge in [-0.3, -0.25) is 4.72 Å². The van der Waals surface area contributed by atoms with Crippen molar-refractivity contribution in [3.63, 3.8) is 0 Å². The second kappa shape index (κ2) is 1.73. The molecule has 0 amide bonds. The van der Waals surface area contributed by atoms with E-state index in [0.29, 0.717) is 0 Å². The molecule has 0 unspecified atom stereocenters. The summed E-state index contributed by atoms with van der Waals surface area (Å²) in [7, 11) is -3.57. The van der Waals surface area contributed by atoms with Gasteiger partial charge in [-0.05, 0) is 18.2 Å². The molecular formula is C6H4FNO2S. The summed E-state index contributed by atoms with van der Waals surface area (Å²) in [6.07, 6.45) is 0. The Bertz CT molecular complexity index is 413. The van der Waals surface area contributed by atoms with Crippen LogP contribution in [0, 0.1) is 5.82 Å². The summed E-state index contributed by atoms with van der Waals surface area (Å²) < 4.78 is 36.8. The molecule has 0 spiro atoms. The summed E-state index contributed by atoms with van der Waals surface area (Å²) in [4.78, 5) is -0.285. The first-order valence-corrected chi connectivity index (χ1v) is 4.40. The zero-order valence-electron chi connectivity index (χ0n) is 5.33. The number of anilines is 1. The molecule has 0 radical (unpaired) electrons. The Morgan fingerprint density at radius 2 is 2.09 bits per heavy atom. The summed E-state index contributed by atoms with van der Waals surface area (Å²) in [6, 6.07) is 3.91. The molecule has 0 aromatic heterocycles. The minimum absolute atomic E-state index is 0.275. The van der Waals surface area contributed by atoms with E-state index >= 15 is 0 Å². The van der Waals surface area contributed by atoms with Crippen molar-refractivity contribution in [3.8, 4) is 0 Å². The van der Waals surface area contributed by atoms with Crippen LogP contribution in [0.2, 0.25) is 0 Å². The van der Waals surface area contributed by atoms with Crippen molar-refractivity contribution < 1.29 is 12.8 Å². The fourth-order valence-corrected chi connectivity index (χ4v) is 2.10. The van der Waals surface area contributed by atoms with Crippen LogP contribution < -0.4 is 4.72 Å². The van der Waals surface area contributed by atoms with Gasteiger partial charge in [-0.25, -0.2) is 12.8 Å². The van der Waals surface area contributed by atoms with E-state index in [1.54, 1.807) is 0 Å². The topological polar surface area (TPSA) is 46.2 Å². The maximum atomic E-state index is 12.7. The zero-order valence-corrected chi connectivity index (χ0v) is 6.15. The Hall–Kier alpha value is -1.10. The molecule has 58 valence electrons. The van der Waals surface area contributed by atoms with E-state index in [-0.39, 0.29) is 10.6 Å². The van der Waals surface area contributed by atoms with Gasteiger partial charge in [-0.15, -0.1) is 0 Å². The Balaban J connectivity index is 2.88. The summed E-state index contributed by atoms with van der Waals surface area (Å²) >= 11 is 0. The van der Waals surface area contributed by atoms with Gasteiger partial charge in [0.1, 0.15) is 10.7 Å². The summed E-state index contributed by atoms with van der Waals surface area (Å²) in [5, 5.41) is 0. The maximum absolute atomic E-state index is 12.7. The molecule has 0 aliphatic carbocycles. The van der Waals surface area contributed by atoms with Crippen molar-refractivity contribution in [1.29, 1.82) is 0 Å². The lowest BCUT2D eigenvalue weighted by Crippen LogP contribution is -2.19. The number of hydrogen-bond donors (Lipinski definition) is 1. The molecule has 2 aliphatic rings. The van der Waals surface area contributed by atoms with Crippen LogP contribution in [0.3, 0.4) is 0 Å². The van der Waals surface area contributed by atoms with Crippen LogP contribution in [-0.2, 0) is 10.0 Å². The number of sulfonamides is 1. The van der Waals surface area contributed by atoms with Gasteiger partial charge in [0.25, 0.3) is 10.0 Å². The Labute approximate surface area is 62.9 Å². The molecule has 3 nitrogen and oxygen atoms in total. The number of rotatable bonds is 0. The van der Waals surface area contributed by atoms with Crippen molar-refractivity contribution in [2.24, 2.45) is 0 Å². The van der Waals surface area contributed by atoms with E-state index < -0.39 is 15.8 Å². The minimum Gasteiger partial charge on any atom is -0.279 e. The SMILES string of the molecule is O=S1(=O)Nc2ccc1c(F)c2. The third kappa shape index (κ3) is 0.808. The highest BCUT2D eigenvalue weighted by molar-refractivity contribution is 7.92. The first kappa shape index (κ1) is 6.60. The average molecular weight is 173 g/mol. The van der Waals surface area contributed by atoms with Crippen molar-refractivity contribution in [3.05, 3.63) is 24.0 Å². The maximum Gasteiger partial charge on any atom is 0.264 e. The van der Waals surface area contributed by atoms with Gasteiger partial charge in [0.15, 0.2) is 0 Å². The van der Waals surface area contributed by atoms with E-state index in [2.05, 4.69) is 4.72 Å². The van der Waals surface area contributed by atoms with Gasteiger partial charge in [0.05, 0.1) is 5.69 Å². The largest absolute Gasteiger partial charge is 0.279 e. The predicted molar refractivity (Wildman–Crippen MR) is 37.2 cm³/mol. The van der Waals surface area contributed by atoms with Crippen molar-refractivity contribution in [2.75, 3.05) is 4.72 Å². The van der Waals surface area contributed by atoms with Crippen LogP contribution in [0.25, 0.3) is 0 Å². The van der Waals surface area contributed by atoms with E-state index in [0.717, 1.165) is 6.07 Å². The second-order valence-corrected chi connectivity index (χ2v) is 3.90. The highest BCUT2D eigenvalue weighted by Crippen LogP contribution is 2.26. The first-order chi connectivity index (χ1) is 5.09. The van der Waals surface area contributed by atoms with Crippen LogP contribution in [0.4, 0.5) is 10.1 Å². The molecule has 0 fully saturated rings. The van der Waals surface area contributed by atoms with Crippen LogP contribution in [-0.4, -0.2) is 8.42 Å². The molecule has 5 heteroatoms. The van der Waals surface area contributed by atoms with Crippen LogP contribution in [0.1, 0.15) is 0 Å². The van der Waals surface area contributed by atoms with Crippen LogP contribution >= 0.6 is 0 Å². The summed E-state index contributed by atoms with van der Waals surface area (Å²) in [5.74, 6) is -0.693. The lowest BCUT2D eigenvalue weighted by atomic mass is 10.3. The third-order valence-corrected chi connectivity index (χ3v) is 2.89. The van der Waals surface area contributed by atoms with E-state index in [9.17, 15) is 12.8 Å². The average Bonchev–Trinajstić information content (AvgIpc) is 1.83. The van der Waals surface area contributed by atoms with Crippen LogP contribution in [0.15, 0.2) is 23.1 Å². The van der Waals surface area contributed by atoms with Crippen molar-refractivity contribution in [2.45, 2.75) is 4.90 Å². The number of hydrogen-bond acceptors (Lipinski definition) is 2. The lowest BCUT2D eigenvalue weighted by Gasteiger charge is -2.15. The van der Waals surface area contributed by atoms with Gasteiger partial charge >= 0.3 is 0 Å². The van der Waals surface area contributed by atoms with Gasteiger partial charge in [-0.2, -0.15) is 0 Å². The molecule has 2 aliphatic heterocycles. The smallest absolute Gasteiger partial charge is 0.264 e. The molecule has 2 bridgehead atoms. The predicted octanol–water partition coefficient (Wildman–Crippen LogP) is 0.940. The molecule has 2 heterocycles. The van der Waals surface area contributed by atoms with Gasteiger partial charge in [0, 0.05) is 0 Å². The molecule has 0 saturated carbocycles. The molecule has 1 aromatic carbocycles. The number of halogens is 1. The van der Waals surface area contributed by atoms with Crippen molar-refractivity contribution >= 4 is 15.7 Å². The van der Waals surface area contributed by atoms with Gasteiger partial charge in [0.2, 0.25) is 0 Å². The molecule has 3 rings (SSSR count). The Morgan fingerprint density at radius 3 is 2.45 bits per heavy atom. The molecule has 1 aromatic rings. The fourth-order valence-electron chi connectivity index (χ4n) is 0.992. The van der Waals surface area contributed by atoms with E-state index in [1.807, 2.05) is 0 Å². The minimum atomic E-state index is -3.57. The lowest BCUT2D eigenvalue weighted by molar-refractivity contribution is 0.566. The van der Waals surface area contributed by atoms with E-state index in [4.69, 9.17) is 0 Å². The molecule has 1 N–H and O–H groups in total. The zero-order chi connectivity index (χ0) is 8.06. The molecular weight excluding hydrogens is 169 g/mol. The third-order valence-electron chi connectivity index (χ3n) is 1.47. The quantitative estimate of drug-likeness (QED) is 0.634. The van der Waals surface area contributed by atoms with Crippen molar-refractivity contribution in [1.82, 2.24) is 0 Å². The highest BCUT2D eigenvalue weighted by Gasteiger charge is 2.24. The first-order valence-electron chi connectivity index (χ1n) is 2.92. The number of nitrogens with one attached hydrogen (secondary N) is 1. The van der Waals surface area contributed by atoms with Gasteiger partial charge < -0.3 is 0 Å². The van der Waals surface area contributed by atoms with Gasteiger partial charge in [-0.1, -0.05) is 0 Å². The molecule has 11 heavy (non-hydrogen) atoms. The Morgan fingerprint density at radius 1 is 1.36 bits per heavy atom. The monoisotopic (exact) mass is 173 g/mol. The Kier molecular flexibility index (Phi) is 1.04. The van der Waals surface area contributed by atoms with E-state index in [1.165, 1.54) is 12.1 Å². The second-order valence-electron chi connectivity index (χ2n) is 2.25. The molecule has 0 atom stereocenters. The summed E-state index contributed by atoms with van der Waals surface area (Å²) in [6.45, 7) is 0. The fraction of sp³-hybridized carbons (Fsp3) is 0. The normalized spacial score (nSPS) is 17.9. The molecule has 0 saturated heterocycles. The number of benzene rings is 1. The standard InChI is InChI=1S/C6H4FNO2S/c7-5-3-4-1-2-6(5)11(9,10)8-4/h1-3,8H. The summed E-state index contributed by atoms with van der Waals surface area (Å²) in [5.41, 5.74) is 0.275. The number of fused-ring (bicyclic) bond motifs is 3. The van der Waals surface area contributed by atoms with Crippen LogP contribution in [0.5, 0.6) is 0 Å². The highest BCUT2D eigenvalue weighted by atomic mass is 32.2.